The van der Waals surface area contributed by atoms with Crippen molar-refractivity contribution < 1.29 is 0 Å². The third-order valence-electron chi connectivity index (χ3n) is 1.37. The van der Waals surface area contributed by atoms with Crippen molar-refractivity contribution in [2.75, 3.05) is 11.5 Å². The minimum Gasteiger partial charge on any atom is -0.325 e. The van der Waals surface area contributed by atoms with Crippen molar-refractivity contribution in [3.8, 4) is 0 Å². The van der Waals surface area contributed by atoms with Crippen LogP contribution in [0.15, 0.2) is 0 Å². The molecule has 0 aliphatic carbocycles. The first-order chi connectivity index (χ1) is 5.06. The van der Waals surface area contributed by atoms with E-state index in [1.54, 1.807) is 0 Å². The number of thioether (sulfide) groups is 1. The zero-order valence-corrected chi connectivity index (χ0v) is 8.84. The van der Waals surface area contributed by atoms with Gasteiger partial charge in [-0.05, 0) is 26.0 Å². The summed E-state index contributed by atoms with van der Waals surface area (Å²) in [4.78, 5) is 0. The van der Waals surface area contributed by atoms with Gasteiger partial charge in [-0.3, -0.25) is 0 Å². The SMILES string of the molecule is CCCCCSCC(C)(C)N. The molecule has 0 aromatic carbocycles. The van der Waals surface area contributed by atoms with Gasteiger partial charge in [0.05, 0.1) is 0 Å². The second kappa shape index (κ2) is 5.90. The topological polar surface area (TPSA) is 26.0 Å². The molecule has 0 aromatic rings. The molecule has 0 amide bonds. The summed E-state index contributed by atoms with van der Waals surface area (Å²) in [6.07, 6.45) is 4.02. The molecule has 0 radical (unpaired) electrons. The third-order valence-corrected chi connectivity index (χ3v) is 2.89. The van der Waals surface area contributed by atoms with Gasteiger partial charge in [-0.2, -0.15) is 11.8 Å². The number of rotatable bonds is 6. The van der Waals surface area contributed by atoms with Gasteiger partial charge in [0.1, 0.15) is 0 Å². The molecule has 0 bridgehead atoms. The van der Waals surface area contributed by atoms with Gasteiger partial charge in [0.15, 0.2) is 0 Å². The zero-order chi connectivity index (χ0) is 8.74. The Labute approximate surface area is 75.1 Å². The highest BCUT2D eigenvalue weighted by Gasteiger charge is 2.09. The highest BCUT2D eigenvalue weighted by atomic mass is 32.2. The van der Waals surface area contributed by atoms with Gasteiger partial charge in [-0.15, -0.1) is 0 Å². The number of hydrogen-bond acceptors (Lipinski definition) is 2. The van der Waals surface area contributed by atoms with Crippen molar-refractivity contribution in [2.45, 2.75) is 45.6 Å². The molecule has 0 fully saturated rings. The molecule has 1 nitrogen and oxygen atoms in total. The third kappa shape index (κ3) is 10.3. The Morgan fingerprint density at radius 3 is 2.36 bits per heavy atom. The minimum absolute atomic E-state index is 0.0108. The van der Waals surface area contributed by atoms with E-state index in [2.05, 4.69) is 20.8 Å². The van der Waals surface area contributed by atoms with E-state index >= 15 is 0 Å². The largest absolute Gasteiger partial charge is 0.325 e. The molecular formula is C9H21NS. The Kier molecular flexibility index (Phi) is 6.06. The highest BCUT2D eigenvalue weighted by molar-refractivity contribution is 7.99. The smallest absolute Gasteiger partial charge is 0.0188 e. The average Bonchev–Trinajstić information content (AvgIpc) is 1.85. The first-order valence-electron chi connectivity index (χ1n) is 4.43. The molecule has 0 unspecified atom stereocenters. The fraction of sp³-hybridized carbons (Fsp3) is 1.00. The first-order valence-corrected chi connectivity index (χ1v) is 5.58. The van der Waals surface area contributed by atoms with Crippen LogP contribution in [0, 0.1) is 0 Å². The lowest BCUT2D eigenvalue weighted by Crippen LogP contribution is -2.34. The number of nitrogens with two attached hydrogens (primary N) is 1. The van der Waals surface area contributed by atoms with E-state index in [9.17, 15) is 0 Å². The second-order valence-electron chi connectivity index (χ2n) is 3.75. The van der Waals surface area contributed by atoms with E-state index in [1.165, 1.54) is 25.0 Å². The van der Waals surface area contributed by atoms with Gasteiger partial charge >= 0.3 is 0 Å². The predicted octanol–water partition coefficient (Wildman–Crippen LogP) is 2.65. The molecule has 0 heterocycles. The van der Waals surface area contributed by atoms with Crippen molar-refractivity contribution in [1.29, 1.82) is 0 Å². The van der Waals surface area contributed by atoms with Gasteiger partial charge in [-0.1, -0.05) is 19.8 Å². The Balaban J connectivity index is 3.02. The summed E-state index contributed by atoms with van der Waals surface area (Å²) in [5, 5.41) is 0. The summed E-state index contributed by atoms with van der Waals surface area (Å²) in [6.45, 7) is 6.40. The van der Waals surface area contributed by atoms with Crippen LogP contribution >= 0.6 is 11.8 Å². The Bertz CT molecular complexity index is 86.1. The molecule has 0 aromatic heterocycles. The van der Waals surface area contributed by atoms with Gasteiger partial charge in [0.25, 0.3) is 0 Å². The van der Waals surface area contributed by atoms with Crippen LogP contribution in [0.5, 0.6) is 0 Å². The Hall–Kier alpha value is 0.310. The van der Waals surface area contributed by atoms with Crippen LogP contribution in [-0.2, 0) is 0 Å². The van der Waals surface area contributed by atoms with E-state index in [1.807, 2.05) is 11.8 Å². The second-order valence-corrected chi connectivity index (χ2v) is 4.85. The van der Waals surface area contributed by atoms with Crippen molar-refractivity contribution in [3.05, 3.63) is 0 Å². The first kappa shape index (κ1) is 11.3. The van der Waals surface area contributed by atoms with Crippen molar-refractivity contribution >= 4 is 11.8 Å². The molecule has 0 spiro atoms. The van der Waals surface area contributed by atoms with E-state index in [-0.39, 0.29) is 5.54 Å². The standard InChI is InChI=1S/C9H21NS/c1-4-5-6-7-11-8-9(2,3)10/h4-8,10H2,1-3H3. The van der Waals surface area contributed by atoms with Crippen LogP contribution in [0.2, 0.25) is 0 Å². The van der Waals surface area contributed by atoms with Gasteiger partial charge in [0, 0.05) is 11.3 Å². The molecule has 0 aliphatic heterocycles. The zero-order valence-electron chi connectivity index (χ0n) is 8.02. The van der Waals surface area contributed by atoms with E-state index in [0.29, 0.717) is 0 Å². The molecule has 68 valence electrons. The summed E-state index contributed by atoms with van der Waals surface area (Å²) in [7, 11) is 0. The van der Waals surface area contributed by atoms with Crippen LogP contribution in [-0.4, -0.2) is 17.0 Å². The normalized spacial score (nSPS) is 12.0. The summed E-state index contributed by atoms with van der Waals surface area (Å²) in [5.74, 6) is 2.35. The quantitative estimate of drug-likeness (QED) is 0.628. The lowest BCUT2D eigenvalue weighted by atomic mass is 10.1. The maximum absolute atomic E-state index is 5.83. The molecule has 11 heavy (non-hydrogen) atoms. The maximum Gasteiger partial charge on any atom is 0.0188 e. The van der Waals surface area contributed by atoms with E-state index in [4.69, 9.17) is 5.73 Å². The van der Waals surface area contributed by atoms with Crippen LogP contribution in [0.3, 0.4) is 0 Å². The summed E-state index contributed by atoms with van der Waals surface area (Å²) >= 11 is 1.98. The highest BCUT2D eigenvalue weighted by Crippen LogP contribution is 2.11. The Morgan fingerprint density at radius 2 is 1.91 bits per heavy atom. The van der Waals surface area contributed by atoms with Crippen molar-refractivity contribution in [3.63, 3.8) is 0 Å². The maximum atomic E-state index is 5.83. The van der Waals surface area contributed by atoms with Crippen LogP contribution in [0.25, 0.3) is 0 Å². The van der Waals surface area contributed by atoms with Gasteiger partial charge in [-0.25, -0.2) is 0 Å². The number of unbranched alkanes of at least 4 members (excludes halogenated alkanes) is 2. The lowest BCUT2D eigenvalue weighted by Gasteiger charge is -2.17. The molecule has 0 aliphatic rings. The summed E-state index contributed by atoms with van der Waals surface area (Å²) in [6, 6.07) is 0. The molecule has 0 saturated heterocycles. The fourth-order valence-electron chi connectivity index (χ4n) is 0.789. The van der Waals surface area contributed by atoms with Gasteiger partial charge < -0.3 is 5.73 Å². The van der Waals surface area contributed by atoms with E-state index in [0.717, 1.165) is 5.75 Å². The lowest BCUT2D eigenvalue weighted by molar-refractivity contribution is 0.591. The molecule has 2 N–H and O–H groups in total. The predicted molar refractivity (Wildman–Crippen MR) is 55.1 cm³/mol. The van der Waals surface area contributed by atoms with Crippen molar-refractivity contribution in [2.24, 2.45) is 5.73 Å². The van der Waals surface area contributed by atoms with Crippen LogP contribution in [0.1, 0.15) is 40.0 Å². The molecule has 0 atom stereocenters. The van der Waals surface area contributed by atoms with Crippen LogP contribution in [0.4, 0.5) is 0 Å². The van der Waals surface area contributed by atoms with E-state index < -0.39 is 0 Å². The van der Waals surface area contributed by atoms with Gasteiger partial charge in [0.2, 0.25) is 0 Å². The molecule has 0 rings (SSSR count). The Morgan fingerprint density at radius 1 is 1.27 bits per heavy atom. The van der Waals surface area contributed by atoms with Crippen LogP contribution < -0.4 is 5.73 Å². The monoisotopic (exact) mass is 175 g/mol. The molecular weight excluding hydrogens is 154 g/mol. The summed E-state index contributed by atoms with van der Waals surface area (Å²) in [5.41, 5.74) is 5.84. The molecule has 2 heteroatoms. The van der Waals surface area contributed by atoms with Crippen molar-refractivity contribution in [1.82, 2.24) is 0 Å². The average molecular weight is 175 g/mol. The fourth-order valence-corrected chi connectivity index (χ4v) is 1.87. The minimum atomic E-state index is 0.0108. The summed E-state index contributed by atoms with van der Waals surface area (Å²) < 4.78 is 0. The number of hydrogen-bond donors (Lipinski definition) is 1. The molecule has 0 saturated carbocycles.